The van der Waals surface area contributed by atoms with E-state index < -0.39 is 10.0 Å². The molecule has 0 spiro atoms. The van der Waals surface area contributed by atoms with Gasteiger partial charge in [-0.25, -0.2) is 17.9 Å². The van der Waals surface area contributed by atoms with E-state index in [1.807, 2.05) is 0 Å². The molecule has 0 atom stereocenters. The van der Waals surface area contributed by atoms with E-state index in [1.54, 1.807) is 43.1 Å². The lowest BCUT2D eigenvalue weighted by molar-refractivity contribution is 0.597. The summed E-state index contributed by atoms with van der Waals surface area (Å²) in [6, 6.07) is 12.8. The van der Waals surface area contributed by atoms with Crippen LogP contribution in [0.2, 0.25) is 0 Å². The molecule has 27 heavy (non-hydrogen) atoms. The van der Waals surface area contributed by atoms with Crippen LogP contribution in [0.3, 0.4) is 0 Å². The SMILES string of the molecule is CN=C(NCCCSc1ccc(F)cc1)NCc1ccc(S(N)(=O)=O)cc1. The Labute approximate surface area is 163 Å². The van der Waals surface area contributed by atoms with E-state index in [4.69, 9.17) is 5.14 Å². The van der Waals surface area contributed by atoms with Gasteiger partial charge in [-0.3, -0.25) is 4.99 Å². The summed E-state index contributed by atoms with van der Waals surface area (Å²) >= 11 is 1.68. The zero-order valence-electron chi connectivity index (χ0n) is 15.0. The zero-order valence-corrected chi connectivity index (χ0v) is 16.6. The van der Waals surface area contributed by atoms with Crippen LogP contribution < -0.4 is 15.8 Å². The average molecular weight is 411 g/mol. The summed E-state index contributed by atoms with van der Waals surface area (Å²) in [6.45, 7) is 1.26. The number of halogens is 1. The minimum atomic E-state index is -3.67. The third kappa shape index (κ3) is 7.58. The van der Waals surface area contributed by atoms with E-state index in [9.17, 15) is 12.8 Å². The number of guanidine groups is 1. The lowest BCUT2D eigenvalue weighted by Gasteiger charge is -2.12. The summed E-state index contributed by atoms with van der Waals surface area (Å²) in [4.78, 5) is 5.29. The van der Waals surface area contributed by atoms with Crippen molar-refractivity contribution < 1.29 is 12.8 Å². The van der Waals surface area contributed by atoms with Crippen molar-refractivity contribution in [1.29, 1.82) is 0 Å². The molecule has 0 aliphatic carbocycles. The van der Waals surface area contributed by atoms with Gasteiger partial charge in [0.25, 0.3) is 0 Å². The van der Waals surface area contributed by atoms with E-state index >= 15 is 0 Å². The third-order valence-electron chi connectivity index (χ3n) is 3.63. The second kappa shape index (κ2) is 10.3. The molecule has 2 rings (SSSR count). The van der Waals surface area contributed by atoms with Crippen LogP contribution in [0.15, 0.2) is 63.3 Å². The molecular weight excluding hydrogens is 387 g/mol. The Hall–Kier alpha value is -2.10. The van der Waals surface area contributed by atoms with E-state index in [0.717, 1.165) is 29.2 Å². The van der Waals surface area contributed by atoms with Crippen molar-refractivity contribution in [1.82, 2.24) is 10.6 Å². The fraction of sp³-hybridized carbons (Fsp3) is 0.278. The van der Waals surface area contributed by atoms with Gasteiger partial charge in [-0.15, -0.1) is 11.8 Å². The van der Waals surface area contributed by atoms with Gasteiger partial charge < -0.3 is 10.6 Å². The molecule has 0 fully saturated rings. The van der Waals surface area contributed by atoms with Gasteiger partial charge in [-0.2, -0.15) is 0 Å². The highest BCUT2D eigenvalue weighted by Gasteiger charge is 2.06. The topological polar surface area (TPSA) is 96.6 Å². The van der Waals surface area contributed by atoms with Crippen molar-refractivity contribution in [3.8, 4) is 0 Å². The standard InChI is InChI=1S/C18H23FN4O2S2/c1-21-18(22-11-2-12-26-16-7-5-15(19)6-8-16)23-13-14-3-9-17(10-4-14)27(20,24)25/h3-10H,2,11-13H2,1H3,(H2,20,24,25)(H2,21,22,23). The Morgan fingerprint density at radius 2 is 1.78 bits per heavy atom. The summed E-state index contributed by atoms with van der Waals surface area (Å²) < 4.78 is 35.3. The van der Waals surface area contributed by atoms with Crippen molar-refractivity contribution in [3.63, 3.8) is 0 Å². The summed E-state index contributed by atoms with van der Waals surface area (Å²) in [5.74, 6) is 1.34. The molecular formula is C18H23FN4O2S2. The van der Waals surface area contributed by atoms with Crippen LogP contribution in [0.25, 0.3) is 0 Å². The number of thioether (sulfide) groups is 1. The molecule has 6 nitrogen and oxygen atoms in total. The maximum Gasteiger partial charge on any atom is 0.238 e. The number of hydrogen-bond acceptors (Lipinski definition) is 4. The van der Waals surface area contributed by atoms with Gasteiger partial charge in [0.1, 0.15) is 5.82 Å². The Morgan fingerprint density at radius 1 is 1.11 bits per heavy atom. The Bertz CT molecular complexity index is 854. The lowest BCUT2D eigenvalue weighted by atomic mass is 10.2. The van der Waals surface area contributed by atoms with Gasteiger partial charge >= 0.3 is 0 Å². The first-order chi connectivity index (χ1) is 12.9. The van der Waals surface area contributed by atoms with Crippen molar-refractivity contribution in [2.24, 2.45) is 10.1 Å². The number of nitrogens with one attached hydrogen (secondary N) is 2. The van der Waals surface area contributed by atoms with Gasteiger partial charge in [0.15, 0.2) is 5.96 Å². The largest absolute Gasteiger partial charge is 0.356 e. The second-order valence-electron chi connectivity index (χ2n) is 5.70. The normalized spacial score (nSPS) is 12.0. The maximum atomic E-state index is 12.9. The summed E-state index contributed by atoms with van der Waals surface area (Å²) in [7, 11) is -1.99. The predicted octanol–water partition coefficient (Wildman–Crippen LogP) is 2.32. The van der Waals surface area contributed by atoms with Crippen molar-refractivity contribution in [2.75, 3.05) is 19.3 Å². The maximum absolute atomic E-state index is 12.9. The molecule has 0 aromatic heterocycles. The monoisotopic (exact) mass is 410 g/mol. The molecule has 0 aliphatic rings. The molecule has 0 bridgehead atoms. The molecule has 0 heterocycles. The van der Waals surface area contributed by atoms with Crippen LogP contribution in [0.1, 0.15) is 12.0 Å². The van der Waals surface area contributed by atoms with E-state index in [1.165, 1.54) is 24.3 Å². The molecule has 4 N–H and O–H groups in total. The molecule has 0 radical (unpaired) electrons. The number of nitrogens with two attached hydrogens (primary N) is 1. The fourth-order valence-corrected chi connectivity index (χ4v) is 3.57. The van der Waals surface area contributed by atoms with Crippen molar-refractivity contribution >= 4 is 27.7 Å². The van der Waals surface area contributed by atoms with Crippen LogP contribution in [0.4, 0.5) is 4.39 Å². The molecule has 2 aromatic carbocycles. The number of rotatable bonds is 8. The van der Waals surface area contributed by atoms with Crippen LogP contribution in [0, 0.1) is 5.82 Å². The van der Waals surface area contributed by atoms with Gasteiger partial charge in [0, 0.05) is 25.0 Å². The van der Waals surface area contributed by atoms with Crippen LogP contribution >= 0.6 is 11.8 Å². The highest BCUT2D eigenvalue weighted by atomic mass is 32.2. The Balaban J connectivity index is 1.69. The van der Waals surface area contributed by atoms with Gasteiger partial charge in [0.05, 0.1) is 4.90 Å². The fourth-order valence-electron chi connectivity index (χ4n) is 2.20. The predicted molar refractivity (Wildman–Crippen MR) is 108 cm³/mol. The number of sulfonamides is 1. The molecule has 9 heteroatoms. The Kier molecular flexibility index (Phi) is 8.08. The zero-order chi connectivity index (χ0) is 19.7. The van der Waals surface area contributed by atoms with Gasteiger partial charge in [-0.05, 0) is 54.1 Å². The number of primary sulfonamides is 1. The number of nitrogens with zero attached hydrogens (tertiary/aromatic N) is 1. The minimum absolute atomic E-state index is 0.0902. The highest BCUT2D eigenvalue weighted by molar-refractivity contribution is 7.99. The third-order valence-corrected chi connectivity index (χ3v) is 5.66. The van der Waals surface area contributed by atoms with Gasteiger partial charge in [0.2, 0.25) is 10.0 Å². The molecule has 146 valence electrons. The molecule has 0 amide bonds. The van der Waals surface area contributed by atoms with Crippen molar-refractivity contribution in [2.45, 2.75) is 22.8 Å². The first-order valence-electron chi connectivity index (χ1n) is 8.33. The van der Waals surface area contributed by atoms with Crippen LogP contribution in [-0.4, -0.2) is 33.7 Å². The van der Waals surface area contributed by atoms with Gasteiger partial charge in [-0.1, -0.05) is 12.1 Å². The van der Waals surface area contributed by atoms with E-state index in [2.05, 4.69) is 15.6 Å². The average Bonchev–Trinajstić information content (AvgIpc) is 2.65. The quantitative estimate of drug-likeness (QED) is 0.269. The molecule has 0 aliphatic heterocycles. The molecule has 0 saturated carbocycles. The van der Waals surface area contributed by atoms with Crippen LogP contribution in [-0.2, 0) is 16.6 Å². The summed E-state index contributed by atoms with van der Waals surface area (Å²) in [6.07, 6.45) is 0.922. The minimum Gasteiger partial charge on any atom is -0.356 e. The number of benzene rings is 2. The second-order valence-corrected chi connectivity index (χ2v) is 8.43. The Morgan fingerprint density at radius 3 is 2.37 bits per heavy atom. The van der Waals surface area contributed by atoms with Crippen molar-refractivity contribution in [3.05, 3.63) is 59.9 Å². The molecule has 0 unspecified atom stereocenters. The lowest BCUT2D eigenvalue weighted by Crippen LogP contribution is -2.37. The summed E-state index contributed by atoms with van der Waals surface area (Å²) in [5, 5.41) is 11.5. The molecule has 2 aromatic rings. The first-order valence-corrected chi connectivity index (χ1v) is 10.9. The highest BCUT2D eigenvalue weighted by Crippen LogP contribution is 2.18. The number of aliphatic imine (C=N–C) groups is 1. The smallest absolute Gasteiger partial charge is 0.238 e. The van der Waals surface area contributed by atoms with E-state index in [-0.39, 0.29) is 10.7 Å². The first kappa shape index (κ1) is 21.2. The number of hydrogen-bond donors (Lipinski definition) is 3. The van der Waals surface area contributed by atoms with E-state index in [0.29, 0.717) is 12.5 Å². The van der Waals surface area contributed by atoms with Crippen LogP contribution in [0.5, 0.6) is 0 Å². The molecule has 0 saturated heterocycles. The summed E-state index contributed by atoms with van der Waals surface area (Å²) in [5.41, 5.74) is 0.914.